The van der Waals surface area contributed by atoms with Gasteiger partial charge in [0.2, 0.25) is 0 Å². The molecule has 0 radical (unpaired) electrons. The van der Waals surface area contributed by atoms with Crippen molar-refractivity contribution in [2.45, 2.75) is 6.04 Å². The number of nitrogens with one attached hydrogen (secondary N) is 2. The maximum absolute atomic E-state index is 13.1. The zero-order chi connectivity index (χ0) is 18.6. The number of hydrogen-bond acceptors (Lipinski definition) is 3. The predicted molar refractivity (Wildman–Crippen MR) is 94.9 cm³/mol. The Labute approximate surface area is 150 Å². The number of carbonyl (C=O) groups is 2. The highest BCUT2D eigenvalue weighted by Crippen LogP contribution is 2.19. The van der Waals surface area contributed by atoms with E-state index in [-0.39, 0.29) is 23.3 Å². The molecule has 1 aromatic heterocycles. The number of hydrogen-bond donors (Lipinski definition) is 2. The number of benzene rings is 1. The van der Waals surface area contributed by atoms with Crippen LogP contribution in [-0.2, 0) is 16.6 Å². The lowest BCUT2D eigenvalue weighted by Gasteiger charge is -2.25. The molecule has 0 aliphatic heterocycles. The zero-order valence-corrected chi connectivity index (χ0v) is 15.0. The Morgan fingerprint density at radius 2 is 2.00 bits per heavy atom. The molecule has 8 heteroatoms. The Morgan fingerprint density at radius 1 is 1.28 bits per heavy atom. The summed E-state index contributed by atoms with van der Waals surface area (Å²) < 4.78 is 15.1. The van der Waals surface area contributed by atoms with Gasteiger partial charge in [-0.2, -0.15) is 0 Å². The summed E-state index contributed by atoms with van der Waals surface area (Å²) in [4.78, 5) is 25.9. The third-order valence-corrected chi connectivity index (χ3v) is 4.08. The highest BCUT2D eigenvalue weighted by molar-refractivity contribution is 6.39. The molecule has 0 aliphatic rings. The first-order valence-electron chi connectivity index (χ1n) is 7.61. The summed E-state index contributed by atoms with van der Waals surface area (Å²) in [6, 6.07) is 7.48. The number of aromatic nitrogens is 1. The number of likely N-dealkylation sites (N-methyl/N-ethyl adjacent to an activating group) is 1. The second-order valence-corrected chi connectivity index (χ2v) is 6.22. The molecule has 1 unspecified atom stereocenters. The second-order valence-electron chi connectivity index (χ2n) is 5.82. The van der Waals surface area contributed by atoms with Crippen molar-refractivity contribution in [1.29, 1.82) is 0 Å². The number of halogens is 2. The minimum atomic E-state index is -0.841. The van der Waals surface area contributed by atoms with E-state index < -0.39 is 17.6 Å². The number of carbonyl (C=O) groups excluding carboxylic acids is 2. The van der Waals surface area contributed by atoms with Gasteiger partial charge in [0.25, 0.3) is 0 Å². The van der Waals surface area contributed by atoms with Gasteiger partial charge < -0.3 is 15.2 Å². The van der Waals surface area contributed by atoms with Crippen molar-refractivity contribution in [2.24, 2.45) is 7.05 Å². The van der Waals surface area contributed by atoms with Crippen LogP contribution >= 0.6 is 11.6 Å². The van der Waals surface area contributed by atoms with Gasteiger partial charge in [0, 0.05) is 31.2 Å². The molecule has 1 heterocycles. The van der Waals surface area contributed by atoms with E-state index in [9.17, 15) is 14.0 Å². The molecule has 2 aromatic rings. The maximum atomic E-state index is 13.1. The van der Waals surface area contributed by atoms with E-state index in [0.717, 1.165) is 11.8 Å². The fraction of sp³-hybridized carbons (Fsp3) is 0.294. The molecule has 25 heavy (non-hydrogen) atoms. The minimum absolute atomic E-state index is 0.0861. The lowest BCUT2D eigenvalue weighted by Crippen LogP contribution is -2.40. The summed E-state index contributed by atoms with van der Waals surface area (Å²) in [5, 5.41) is 4.87. The Hall–Kier alpha value is -2.38. The standard InChI is InChI=1S/C17H20ClFN4O2/c1-22(2)15(14-5-4-8-23(14)3)10-20-16(24)17(25)21-11-6-7-13(19)12(18)9-11/h4-9,15H,10H2,1-3H3,(H,20,24)(H,21,25). The van der Waals surface area contributed by atoms with Crippen LogP contribution < -0.4 is 10.6 Å². The van der Waals surface area contributed by atoms with Gasteiger partial charge in [-0.15, -0.1) is 0 Å². The van der Waals surface area contributed by atoms with Crippen molar-refractivity contribution >= 4 is 29.1 Å². The Kier molecular flexibility index (Phi) is 6.17. The summed E-state index contributed by atoms with van der Waals surface area (Å²) in [6.07, 6.45) is 1.92. The largest absolute Gasteiger partial charge is 0.353 e. The van der Waals surface area contributed by atoms with Crippen molar-refractivity contribution in [3.8, 4) is 0 Å². The fourth-order valence-corrected chi connectivity index (χ4v) is 2.58. The first kappa shape index (κ1) is 19.0. The number of anilines is 1. The van der Waals surface area contributed by atoms with Crippen LogP contribution in [0.5, 0.6) is 0 Å². The van der Waals surface area contributed by atoms with Gasteiger partial charge in [0.1, 0.15) is 5.82 Å². The van der Waals surface area contributed by atoms with Gasteiger partial charge in [-0.1, -0.05) is 11.6 Å². The van der Waals surface area contributed by atoms with Crippen molar-refractivity contribution in [3.05, 3.63) is 53.1 Å². The van der Waals surface area contributed by atoms with Crippen LogP contribution in [0, 0.1) is 5.82 Å². The van der Waals surface area contributed by atoms with Crippen LogP contribution in [0.3, 0.4) is 0 Å². The zero-order valence-electron chi connectivity index (χ0n) is 14.2. The molecule has 0 aliphatic carbocycles. The van der Waals surface area contributed by atoms with Gasteiger partial charge in [0.05, 0.1) is 11.1 Å². The number of nitrogens with zero attached hydrogens (tertiary/aromatic N) is 2. The van der Waals surface area contributed by atoms with Crippen molar-refractivity contribution in [2.75, 3.05) is 26.0 Å². The third-order valence-electron chi connectivity index (χ3n) is 3.79. The first-order chi connectivity index (χ1) is 11.8. The number of rotatable bonds is 5. The van der Waals surface area contributed by atoms with E-state index in [0.29, 0.717) is 0 Å². The molecule has 0 fully saturated rings. The second kappa shape index (κ2) is 8.13. The fourth-order valence-electron chi connectivity index (χ4n) is 2.40. The lowest BCUT2D eigenvalue weighted by molar-refractivity contribution is -0.136. The van der Waals surface area contributed by atoms with E-state index in [1.54, 1.807) is 0 Å². The predicted octanol–water partition coefficient (Wildman–Crippen LogP) is 2.18. The average molecular weight is 367 g/mol. The van der Waals surface area contributed by atoms with E-state index in [4.69, 9.17) is 11.6 Å². The molecule has 2 rings (SSSR count). The van der Waals surface area contributed by atoms with Crippen LogP contribution in [0.15, 0.2) is 36.5 Å². The third kappa shape index (κ3) is 4.80. The summed E-state index contributed by atoms with van der Waals surface area (Å²) in [6.45, 7) is 0.265. The van der Waals surface area contributed by atoms with Crippen molar-refractivity contribution in [1.82, 2.24) is 14.8 Å². The van der Waals surface area contributed by atoms with Gasteiger partial charge in [-0.3, -0.25) is 14.5 Å². The smallest absolute Gasteiger partial charge is 0.313 e. The summed E-state index contributed by atoms with van der Waals surface area (Å²) >= 11 is 5.65. The van der Waals surface area contributed by atoms with Crippen LogP contribution in [-0.4, -0.2) is 41.9 Å². The van der Waals surface area contributed by atoms with Gasteiger partial charge in [-0.05, 0) is 44.4 Å². The molecule has 0 saturated carbocycles. The van der Waals surface area contributed by atoms with Crippen LogP contribution in [0.1, 0.15) is 11.7 Å². The molecule has 2 amide bonds. The van der Waals surface area contributed by atoms with Crippen molar-refractivity contribution in [3.63, 3.8) is 0 Å². The Bertz CT molecular complexity index is 776. The highest BCUT2D eigenvalue weighted by atomic mass is 35.5. The van der Waals surface area contributed by atoms with E-state index in [2.05, 4.69) is 10.6 Å². The Balaban J connectivity index is 1.97. The number of aryl methyl sites for hydroxylation is 1. The summed E-state index contributed by atoms with van der Waals surface area (Å²) in [5.41, 5.74) is 1.26. The summed E-state index contributed by atoms with van der Waals surface area (Å²) in [5.74, 6) is -2.21. The van der Waals surface area contributed by atoms with Crippen LogP contribution in [0.25, 0.3) is 0 Å². The van der Waals surface area contributed by atoms with E-state index in [1.807, 2.05) is 48.9 Å². The molecule has 0 spiro atoms. The molecule has 0 bridgehead atoms. The molecule has 1 atom stereocenters. The number of amides is 2. The molecular weight excluding hydrogens is 347 g/mol. The first-order valence-corrected chi connectivity index (χ1v) is 7.99. The summed E-state index contributed by atoms with van der Waals surface area (Å²) in [7, 11) is 5.70. The van der Waals surface area contributed by atoms with E-state index >= 15 is 0 Å². The monoisotopic (exact) mass is 366 g/mol. The normalized spacial score (nSPS) is 12.1. The Morgan fingerprint density at radius 3 is 2.56 bits per heavy atom. The minimum Gasteiger partial charge on any atom is -0.353 e. The topological polar surface area (TPSA) is 66.4 Å². The van der Waals surface area contributed by atoms with E-state index in [1.165, 1.54) is 12.1 Å². The SMILES string of the molecule is CN(C)C(CNC(=O)C(=O)Nc1ccc(F)c(Cl)c1)c1cccn1C. The van der Waals surface area contributed by atoms with Crippen molar-refractivity contribution < 1.29 is 14.0 Å². The quantitative estimate of drug-likeness (QED) is 0.797. The van der Waals surface area contributed by atoms with Gasteiger partial charge in [-0.25, -0.2) is 4.39 Å². The maximum Gasteiger partial charge on any atom is 0.313 e. The molecule has 6 nitrogen and oxygen atoms in total. The van der Waals surface area contributed by atoms with Crippen LogP contribution in [0.4, 0.5) is 10.1 Å². The molecule has 2 N–H and O–H groups in total. The molecular formula is C17H20ClFN4O2. The average Bonchev–Trinajstić information content (AvgIpc) is 2.96. The highest BCUT2D eigenvalue weighted by Gasteiger charge is 2.20. The molecule has 1 aromatic carbocycles. The molecule has 0 saturated heterocycles. The molecule has 134 valence electrons. The van der Waals surface area contributed by atoms with Gasteiger partial charge >= 0.3 is 11.8 Å². The lowest BCUT2D eigenvalue weighted by atomic mass is 10.2. The van der Waals surface area contributed by atoms with Gasteiger partial charge in [0.15, 0.2) is 0 Å². The van der Waals surface area contributed by atoms with Crippen LogP contribution in [0.2, 0.25) is 5.02 Å².